The molecule has 2 fully saturated rings. The molecule has 0 aromatic carbocycles. The Morgan fingerprint density at radius 2 is 1.74 bits per heavy atom. The molecule has 2 aliphatic carbocycles. The average Bonchev–Trinajstić information content (AvgIpc) is 3.18. The molecular weight excluding hydrogens is 336 g/mol. The van der Waals surface area contributed by atoms with Crippen molar-refractivity contribution in [3.63, 3.8) is 0 Å². The van der Waals surface area contributed by atoms with Crippen molar-refractivity contribution in [2.75, 3.05) is 7.11 Å². The number of unbranched alkanes of at least 4 members (excludes halogenated alkanes) is 8. The Morgan fingerprint density at radius 3 is 2.44 bits per heavy atom. The van der Waals surface area contributed by atoms with Crippen LogP contribution >= 0.6 is 0 Å². The summed E-state index contributed by atoms with van der Waals surface area (Å²) in [4.78, 5) is 11.4. The number of aliphatic hydroxyl groups is 1. The van der Waals surface area contributed by atoms with Gasteiger partial charge in [-0.15, -0.1) is 0 Å². The first-order valence-corrected chi connectivity index (χ1v) is 11.6. The summed E-state index contributed by atoms with van der Waals surface area (Å²) in [5.41, 5.74) is 0. The number of allylic oxidation sites excluding steroid dienone is 1. The van der Waals surface area contributed by atoms with Gasteiger partial charge in [0.1, 0.15) is 0 Å². The molecule has 156 valence electrons. The zero-order chi connectivity index (χ0) is 19.5. The van der Waals surface area contributed by atoms with Crippen molar-refractivity contribution in [1.82, 2.24) is 0 Å². The minimum absolute atomic E-state index is 0.0890. The molecule has 0 heterocycles. The van der Waals surface area contributed by atoms with Crippen LogP contribution < -0.4 is 0 Å². The third kappa shape index (κ3) is 7.60. The molecule has 0 bridgehead atoms. The van der Waals surface area contributed by atoms with Gasteiger partial charge in [-0.2, -0.15) is 0 Å². The highest BCUT2D eigenvalue weighted by atomic mass is 16.5. The lowest BCUT2D eigenvalue weighted by Crippen LogP contribution is -2.17. The van der Waals surface area contributed by atoms with Crippen LogP contribution in [0.25, 0.3) is 0 Å². The van der Waals surface area contributed by atoms with Gasteiger partial charge in [0.15, 0.2) is 0 Å². The van der Waals surface area contributed by atoms with Crippen LogP contribution in [-0.2, 0) is 9.53 Å². The van der Waals surface area contributed by atoms with Gasteiger partial charge in [-0.3, -0.25) is 4.79 Å². The molecule has 1 unspecified atom stereocenters. The number of rotatable bonds is 13. The maximum atomic E-state index is 11.4. The highest BCUT2D eigenvalue weighted by Gasteiger charge is 2.46. The predicted molar refractivity (Wildman–Crippen MR) is 111 cm³/mol. The topological polar surface area (TPSA) is 46.5 Å². The van der Waals surface area contributed by atoms with Crippen LogP contribution in [0.2, 0.25) is 0 Å². The van der Waals surface area contributed by atoms with E-state index in [1.807, 2.05) is 0 Å². The summed E-state index contributed by atoms with van der Waals surface area (Å²) in [6, 6.07) is 0. The van der Waals surface area contributed by atoms with E-state index in [1.165, 1.54) is 71.3 Å². The maximum Gasteiger partial charge on any atom is 0.305 e. The number of esters is 1. The zero-order valence-electron chi connectivity index (χ0n) is 17.7. The van der Waals surface area contributed by atoms with Gasteiger partial charge in [0.05, 0.1) is 13.2 Å². The highest BCUT2D eigenvalue weighted by Crippen LogP contribution is 2.51. The highest BCUT2D eigenvalue weighted by molar-refractivity contribution is 5.69. The van der Waals surface area contributed by atoms with E-state index in [2.05, 4.69) is 19.1 Å². The molecule has 0 aromatic heterocycles. The van der Waals surface area contributed by atoms with Gasteiger partial charge in [-0.05, 0) is 56.3 Å². The minimum Gasteiger partial charge on any atom is -0.469 e. The summed E-state index contributed by atoms with van der Waals surface area (Å²) in [6.45, 7) is 2.27. The molecule has 0 saturated heterocycles. The second-order valence-corrected chi connectivity index (χ2v) is 8.95. The lowest BCUT2D eigenvalue weighted by molar-refractivity contribution is -0.140. The fourth-order valence-electron chi connectivity index (χ4n) is 5.35. The van der Waals surface area contributed by atoms with E-state index in [0.717, 1.165) is 19.3 Å². The number of hydrogen-bond donors (Lipinski definition) is 1. The second kappa shape index (κ2) is 12.6. The first kappa shape index (κ1) is 22.5. The van der Waals surface area contributed by atoms with Gasteiger partial charge in [0.25, 0.3) is 0 Å². The molecular formula is C24H42O3. The van der Waals surface area contributed by atoms with Gasteiger partial charge < -0.3 is 9.84 Å². The largest absolute Gasteiger partial charge is 0.469 e. The van der Waals surface area contributed by atoms with Crippen molar-refractivity contribution in [2.24, 2.45) is 23.7 Å². The Hall–Kier alpha value is -0.830. The normalized spacial score (nSPS) is 30.1. The van der Waals surface area contributed by atoms with E-state index >= 15 is 0 Å². The Bertz CT molecular complexity index is 445. The van der Waals surface area contributed by atoms with Crippen LogP contribution in [0.1, 0.15) is 96.8 Å². The van der Waals surface area contributed by atoms with E-state index in [1.54, 1.807) is 0 Å². The molecule has 1 N–H and O–H groups in total. The van der Waals surface area contributed by atoms with Gasteiger partial charge >= 0.3 is 5.97 Å². The van der Waals surface area contributed by atoms with E-state index < -0.39 is 0 Å². The molecule has 2 saturated carbocycles. The molecule has 5 atom stereocenters. The van der Waals surface area contributed by atoms with Crippen LogP contribution in [0.3, 0.4) is 0 Å². The fraction of sp³-hybridized carbons (Fsp3) is 0.875. The van der Waals surface area contributed by atoms with Crippen molar-refractivity contribution in [2.45, 2.75) is 103 Å². The third-order valence-corrected chi connectivity index (χ3v) is 6.90. The van der Waals surface area contributed by atoms with Crippen molar-refractivity contribution in [3.05, 3.63) is 12.2 Å². The zero-order valence-corrected chi connectivity index (χ0v) is 17.7. The maximum absolute atomic E-state index is 11.4. The Morgan fingerprint density at radius 1 is 1.04 bits per heavy atom. The van der Waals surface area contributed by atoms with E-state index in [0.29, 0.717) is 30.1 Å². The molecule has 0 radical (unpaired) electrons. The van der Waals surface area contributed by atoms with E-state index in [9.17, 15) is 9.90 Å². The number of aliphatic hydroxyl groups excluding tert-OH is 1. The summed E-state index contributed by atoms with van der Waals surface area (Å²) < 4.78 is 4.77. The summed E-state index contributed by atoms with van der Waals surface area (Å²) in [6.07, 6.45) is 21.3. The first-order chi connectivity index (χ1) is 13.2. The van der Waals surface area contributed by atoms with Crippen LogP contribution in [0.15, 0.2) is 12.2 Å². The standard InChI is InChI=1S/C24H42O3/c1-3-4-5-6-7-8-9-10-11-12-13-21-22-17-19(14-15-24(26)27-2)16-20(22)18-23(21)25/h12-13,19-23,25H,3-11,14-18H2,1-2H3/b13-12+/t19?,20-,21+,22-,23+/m0/s1. The minimum atomic E-state index is -0.156. The molecule has 3 heteroatoms. The van der Waals surface area contributed by atoms with Crippen LogP contribution in [0, 0.1) is 23.7 Å². The number of carbonyl (C=O) groups is 1. The van der Waals surface area contributed by atoms with Crippen LogP contribution in [-0.4, -0.2) is 24.3 Å². The molecule has 0 amide bonds. The average molecular weight is 379 g/mol. The molecule has 0 aromatic rings. The molecule has 27 heavy (non-hydrogen) atoms. The fourth-order valence-corrected chi connectivity index (χ4v) is 5.35. The van der Waals surface area contributed by atoms with E-state index in [-0.39, 0.29) is 12.1 Å². The Balaban J connectivity index is 1.61. The predicted octanol–water partition coefficient (Wildman–Crippen LogP) is 6.05. The molecule has 0 spiro atoms. The molecule has 2 rings (SSSR count). The number of methoxy groups -OCH3 is 1. The summed E-state index contributed by atoms with van der Waals surface area (Å²) in [5, 5.41) is 10.5. The third-order valence-electron chi connectivity index (χ3n) is 6.90. The summed E-state index contributed by atoms with van der Waals surface area (Å²) in [5.74, 6) is 2.16. The number of fused-ring (bicyclic) bond motifs is 1. The monoisotopic (exact) mass is 378 g/mol. The SMILES string of the molecule is CCCCCCCCCC/C=C/[C@@H]1[C@H]2CC(CCC(=O)OC)C[C@H]2C[C@H]1O. The van der Waals surface area contributed by atoms with Crippen molar-refractivity contribution in [3.8, 4) is 0 Å². The number of ether oxygens (including phenoxy) is 1. The Kier molecular flexibility index (Phi) is 10.5. The van der Waals surface area contributed by atoms with Crippen molar-refractivity contribution < 1.29 is 14.6 Å². The number of carbonyl (C=O) groups excluding carboxylic acids is 1. The smallest absolute Gasteiger partial charge is 0.305 e. The van der Waals surface area contributed by atoms with E-state index in [4.69, 9.17) is 4.74 Å². The van der Waals surface area contributed by atoms with Crippen LogP contribution in [0.5, 0.6) is 0 Å². The lowest BCUT2D eigenvalue weighted by atomic mass is 9.89. The lowest BCUT2D eigenvalue weighted by Gasteiger charge is -2.18. The Labute approximate surface area is 167 Å². The second-order valence-electron chi connectivity index (χ2n) is 8.95. The van der Waals surface area contributed by atoms with Gasteiger partial charge in [-0.25, -0.2) is 0 Å². The van der Waals surface area contributed by atoms with Crippen molar-refractivity contribution in [1.29, 1.82) is 0 Å². The molecule has 2 aliphatic rings. The molecule has 3 nitrogen and oxygen atoms in total. The van der Waals surface area contributed by atoms with Gasteiger partial charge in [0, 0.05) is 12.3 Å². The summed E-state index contributed by atoms with van der Waals surface area (Å²) in [7, 11) is 1.47. The summed E-state index contributed by atoms with van der Waals surface area (Å²) >= 11 is 0. The number of hydrogen-bond acceptors (Lipinski definition) is 3. The first-order valence-electron chi connectivity index (χ1n) is 11.6. The van der Waals surface area contributed by atoms with Gasteiger partial charge in [-0.1, -0.05) is 64.0 Å². The molecule has 0 aliphatic heterocycles. The quantitative estimate of drug-likeness (QED) is 0.241. The van der Waals surface area contributed by atoms with Gasteiger partial charge in [0.2, 0.25) is 0 Å². The van der Waals surface area contributed by atoms with Crippen LogP contribution in [0.4, 0.5) is 0 Å². The van der Waals surface area contributed by atoms with Crippen molar-refractivity contribution >= 4 is 5.97 Å².